The van der Waals surface area contributed by atoms with Crippen molar-refractivity contribution in [1.29, 1.82) is 0 Å². The summed E-state index contributed by atoms with van der Waals surface area (Å²) in [6.07, 6.45) is 7.21. The maximum absolute atomic E-state index is 5.17. The van der Waals surface area contributed by atoms with Gasteiger partial charge in [0, 0.05) is 42.8 Å². The Morgan fingerprint density at radius 2 is 1.89 bits per heavy atom. The van der Waals surface area contributed by atoms with Crippen LogP contribution in [0.1, 0.15) is 0 Å². The lowest BCUT2D eigenvalue weighted by atomic mass is 10.2. The quantitative estimate of drug-likeness (QED) is 0.703. The number of rotatable bonds is 3. The molecular formula is C13H12N4O. The van der Waals surface area contributed by atoms with E-state index < -0.39 is 0 Å². The van der Waals surface area contributed by atoms with Crippen molar-refractivity contribution < 1.29 is 4.74 Å². The van der Waals surface area contributed by atoms with Crippen molar-refractivity contribution in [3.05, 3.63) is 43.0 Å². The number of aromatic nitrogens is 4. The van der Waals surface area contributed by atoms with Gasteiger partial charge in [0.05, 0.1) is 0 Å². The molecule has 0 aliphatic rings. The number of hydrogen-bond acceptors (Lipinski definition) is 4. The van der Waals surface area contributed by atoms with Gasteiger partial charge in [0.2, 0.25) is 0 Å². The van der Waals surface area contributed by atoms with Crippen LogP contribution >= 0.6 is 0 Å². The molecule has 5 nitrogen and oxygen atoms in total. The summed E-state index contributed by atoms with van der Waals surface area (Å²) in [7, 11) is 1.66. The fourth-order valence-electron chi connectivity index (χ4n) is 1.98. The number of ether oxygens (including phenoxy) is 1. The molecule has 0 aliphatic carbocycles. The summed E-state index contributed by atoms with van der Waals surface area (Å²) in [5.74, 6) is 0.699. The van der Waals surface area contributed by atoms with Crippen molar-refractivity contribution >= 4 is 11.0 Å². The first-order valence-corrected chi connectivity index (χ1v) is 5.60. The molecule has 3 rings (SSSR count). The molecule has 0 unspecified atom stereocenters. The van der Waals surface area contributed by atoms with Gasteiger partial charge in [-0.2, -0.15) is 0 Å². The Balaban J connectivity index is 2.24. The van der Waals surface area contributed by atoms with Crippen LogP contribution in [0.3, 0.4) is 0 Å². The van der Waals surface area contributed by atoms with Gasteiger partial charge < -0.3 is 9.30 Å². The SMILES string of the molecule is COCn1cc(-c2ncccn2)c2cccnc21. The molecule has 3 heterocycles. The van der Waals surface area contributed by atoms with Crippen LogP contribution in [0.2, 0.25) is 0 Å². The average Bonchev–Trinajstić information content (AvgIpc) is 2.80. The van der Waals surface area contributed by atoms with Crippen molar-refractivity contribution in [3.63, 3.8) is 0 Å². The smallest absolute Gasteiger partial charge is 0.161 e. The second kappa shape index (κ2) is 4.54. The van der Waals surface area contributed by atoms with Crippen molar-refractivity contribution in [2.24, 2.45) is 0 Å². The Morgan fingerprint density at radius 1 is 1.11 bits per heavy atom. The van der Waals surface area contributed by atoms with Crippen LogP contribution in [0, 0.1) is 0 Å². The van der Waals surface area contributed by atoms with Crippen molar-refractivity contribution in [2.45, 2.75) is 6.73 Å². The summed E-state index contributed by atoms with van der Waals surface area (Å²) in [5.41, 5.74) is 1.84. The molecule has 5 heteroatoms. The predicted octanol–water partition coefficient (Wildman–Crippen LogP) is 2.10. The number of fused-ring (bicyclic) bond motifs is 1. The molecule has 0 amide bonds. The van der Waals surface area contributed by atoms with E-state index >= 15 is 0 Å². The molecule has 0 bridgehead atoms. The zero-order chi connectivity index (χ0) is 12.4. The highest BCUT2D eigenvalue weighted by molar-refractivity contribution is 5.91. The van der Waals surface area contributed by atoms with E-state index in [0.717, 1.165) is 16.6 Å². The molecule has 3 aromatic rings. The average molecular weight is 240 g/mol. The Morgan fingerprint density at radius 3 is 2.67 bits per heavy atom. The maximum atomic E-state index is 5.17. The normalized spacial score (nSPS) is 10.9. The number of nitrogens with zero attached hydrogens (tertiary/aromatic N) is 4. The Labute approximate surface area is 104 Å². The lowest BCUT2D eigenvalue weighted by Gasteiger charge is -2.00. The van der Waals surface area contributed by atoms with E-state index in [2.05, 4.69) is 15.0 Å². The van der Waals surface area contributed by atoms with Crippen LogP contribution in [0.15, 0.2) is 43.0 Å². The van der Waals surface area contributed by atoms with E-state index in [1.165, 1.54) is 0 Å². The second-order valence-corrected chi connectivity index (χ2v) is 3.88. The van der Waals surface area contributed by atoms with E-state index in [9.17, 15) is 0 Å². The van der Waals surface area contributed by atoms with Gasteiger partial charge in [-0.1, -0.05) is 0 Å². The number of hydrogen-bond donors (Lipinski definition) is 0. The van der Waals surface area contributed by atoms with Gasteiger partial charge in [0.25, 0.3) is 0 Å². The summed E-state index contributed by atoms with van der Waals surface area (Å²) in [6, 6.07) is 5.72. The zero-order valence-corrected chi connectivity index (χ0v) is 9.95. The largest absolute Gasteiger partial charge is 0.364 e. The lowest BCUT2D eigenvalue weighted by Crippen LogP contribution is -1.98. The second-order valence-electron chi connectivity index (χ2n) is 3.88. The molecule has 0 saturated carbocycles. The first-order chi connectivity index (χ1) is 8.90. The maximum Gasteiger partial charge on any atom is 0.161 e. The molecule has 0 atom stereocenters. The van der Waals surface area contributed by atoms with Crippen LogP contribution in [0.5, 0.6) is 0 Å². The van der Waals surface area contributed by atoms with Gasteiger partial charge in [0.1, 0.15) is 12.4 Å². The minimum absolute atomic E-state index is 0.459. The molecule has 0 aromatic carbocycles. The molecule has 0 aliphatic heterocycles. The van der Waals surface area contributed by atoms with Crippen molar-refractivity contribution in [3.8, 4) is 11.4 Å². The fraction of sp³-hybridized carbons (Fsp3) is 0.154. The van der Waals surface area contributed by atoms with Crippen LogP contribution in [-0.4, -0.2) is 26.6 Å². The van der Waals surface area contributed by atoms with Gasteiger partial charge in [0.15, 0.2) is 5.82 Å². The van der Waals surface area contributed by atoms with E-state index in [4.69, 9.17) is 4.74 Å². The molecule has 18 heavy (non-hydrogen) atoms. The van der Waals surface area contributed by atoms with E-state index in [0.29, 0.717) is 12.6 Å². The molecule has 90 valence electrons. The summed E-state index contributed by atoms with van der Waals surface area (Å²) < 4.78 is 7.11. The van der Waals surface area contributed by atoms with Crippen LogP contribution < -0.4 is 0 Å². The molecule has 0 N–H and O–H groups in total. The molecule has 0 radical (unpaired) electrons. The predicted molar refractivity (Wildman–Crippen MR) is 67.8 cm³/mol. The van der Waals surface area contributed by atoms with Crippen molar-refractivity contribution in [2.75, 3.05) is 7.11 Å². The summed E-state index contributed by atoms with van der Waals surface area (Å²) in [5, 5.41) is 1.03. The molecule has 0 fully saturated rings. The molecule has 0 saturated heterocycles. The third-order valence-electron chi connectivity index (χ3n) is 2.71. The highest BCUT2D eigenvalue weighted by atomic mass is 16.5. The van der Waals surface area contributed by atoms with Gasteiger partial charge in [-0.25, -0.2) is 15.0 Å². The fourth-order valence-corrected chi connectivity index (χ4v) is 1.98. The van der Waals surface area contributed by atoms with Crippen molar-refractivity contribution in [1.82, 2.24) is 19.5 Å². The third kappa shape index (κ3) is 1.74. The summed E-state index contributed by atoms with van der Waals surface area (Å²) in [6.45, 7) is 0.459. The topological polar surface area (TPSA) is 52.8 Å². The molecule has 3 aromatic heterocycles. The number of methoxy groups -OCH3 is 1. The van der Waals surface area contributed by atoms with Gasteiger partial charge >= 0.3 is 0 Å². The van der Waals surface area contributed by atoms with Gasteiger partial charge in [-0.15, -0.1) is 0 Å². The highest BCUT2D eigenvalue weighted by Gasteiger charge is 2.12. The van der Waals surface area contributed by atoms with Crippen LogP contribution in [0.25, 0.3) is 22.4 Å². The monoisotopic (exact) mass is 240 g/mol. The van der Waals surface area contributed by atoms with E-state index in [1.54, 1.807) is 31.8 Å². The minimum atomic E-state index is 0.459. The first-order valence-electron chi connectivity index (χ1n) is 5.60. The van der Waals surface area contributed by atoms with Crippen LogP contribution in [0.4, 0.5) is 0 Å². The van der Waals surface area contributed by atoms with Gasteiger partial charge in [-0.3, -0.25) is 0 Å². The Hall–Kier alpha value is -2.27. The molecule has 0 spiro atoms. The summed E-state index contributed by atoms with van der Waals surface area (Å²) in [4.78, 5) is 12.9. The Bertz CT molecular complexity index is 663. The highest BCUT2D eigenvalue weighted by Crippen LogP contribution is 2.26. The van der Waals surface area contributed by atoms with E-state index in [-0.39, 0.29) is 0 Å². The standard InChI is InChI=1S/C13H12N4O/c1-18-9-17-8-11(12-14-6-3-7-15-12)10-4-2-5-16-13(10)17/h2-8H,9H2,1H3. The zero-order valence-electron chi connectivity index (χ0n) is 9.95. The van der Waals surface area contributed by atoms with E-state index in [1.807, 2.05) is 22.9 Å². The minimum Gasteiger partial charge on any atom is -0.364 e. The third-order valence-corrected chi connectivity index (χ3v) is 2.71. The first kappa shape index (κ1) is 10.9. The molecular weight excluding hydrogens is 228 g/mol. The summed E-state index contributed by atoms with van der Waals surface area (Å²) >= 11 is 0. The van der Waals surface area contributed by atoms with Gasteiger partial charge in [-0.05, 0) is 18.2 Å². The van der Waals surface area contributed by atoms with Crippen LogP contribution in [-0.2, 0) is 11.5 Å². The Kier molecular flexibility index (Phi) is 2.74. The lowest BCUT2D eigenvalue weighted by molar-refractivity contribution is 0.134. The number of pyridine rings is 1.